The van der Waals surface area contributed by atoms with Crippen LogP contribution in [0.15, 0.2) is 36.7 Å². The highest BCUT2D eigenvalue weighted by Gasteiger charge is 2.32. The lowest BCUT2D eigenvalue weighted by atomic mass is 10.0. The summed E-state index contributed by atoms with van der Waals surface area (Å²) in [6, 6.07) is 8.32. The molecule has 27 heavy (non-hydrogen) atoms. The molecule has 7 heteroatoms. The SMILES string of the molecule is Cc1cccc(Cn2nc(C)c(NC(=O)C(C)(C)n3cc(Cl)cn3)c2C)c1. The van der Waals surface area contributed by atoms with Gasteiger partial charge in [-0.2, -0.15) is 10.2 Å². The van der Waals surface area contributed by atoms with Crippen LogP contribution in [0.3, 0.4) is 0 Å². The van der Waals surface area contributed by atoms with Crippen molar-refractivity contribution in [2.75, 3.05) is 5.32 Å². The topological polar surface area (TPSA) is 64.7 Å². The molecule has 0 saturated heterocycles. The Hall–Kier alpha value is -2.60. The third-order valence-electron chi connectivity index (χ3n) is 4.71. The van der Waals surface area contributed by atoms with E-state index in [4.69, 9.17) is 11.6 Å². The van der Waals surface area contributed by atoms with Crippen LogP contribution in [0.1, 0.15) is 36.4 Å². The molecule has 0 radical (unpaired) electrons. The predicted octanol–water partition coefficient (Wildman–Crippen LogP) is 4.08. The first kappa shape index (κ1) is 19.2. The number of hydrogen-bond donors (Lipinski definition) is 1. The highest BCUT2D eigenvalue weighted by atomic mass is 35.5. The normalized spacial score (nSPS) is 11.6. The van der Waals surface area contributed by atoms with Crippen molar-refractivity contribution in [1.82, 2.24) is 19.6 Å². The number of aryl methyl sites for hydroxylation is 2. The standard InChI is InChI=1S/C20H24ClN5O/c1-13-7-6-8-16(9-13)11-25-15(3)18(14(2)24-25)23-19(27)20(4,5)26-12-17(21)10-22-26/h6-10,12H,11H2,1-5H3,(H,23,27). The van der Waals surface area contributed by atoms with E-state index in [0.717, 1.165) is 17.1 Å². The molecule has 142 valence electrons. The molecule has 0 fully saturated rings. The van der Waals surface area contributed by atoms with Crippen molar-refractivity contribution in [2.24, 2.45) is 0 Å². The number of carbonyl (C=O) groups excluding carboxylic acids is 1. The fourth-order valence-corrected chi connectivity index (χ4v) is 3.13. The van der Waals surface area contributed by atoms with E-state index in [9.17, 15) is 4.79 Å². The van der Waals surface area contributed by atoms with Crippen molar-refractivity contribution in [3.63, 3.8) is 0 Å². The van der Waals surface area contributed by atoms with E-state index in [1.807, 2.05) is 24.6 Å². The second kappa shape index (κ2) is 7.19. The van der Waals surface area contributed by atoms with E-state index in [-0.39, 0.29) is 5.91 Å². The molecule has 3 aromatic rings. The minimum Gasteiger partial charge on any atom is -0.321 e. The summed E-state index contributed by atoms with van der Waals surface area (Å²) < 4.78 is 3.48. The maximum Gasteiger partial charge on any atom is 0.251 e. The highest BCUT2D eigenvalue weighted by Crippen LogP contribution is 2.24. The largest absolute Gasteiger partial charge is 0.321 e. The zero-order chi connectivity index (χ0) is 19.8. The van der Waals surface area contributed by atoms with E-state index in [2.05, 4.69) is 40.6 Å². The number of nitrogens with zero attached hydrogens (tertiary/aromatic N) is 4. The van der Waals surface area contributed by atoms with Crippen LogP contribution in [0, 0.1) is 20.8 Å². The lowest BCUT2D eigenvalue weighted by molar-refractivity contribution is -0.123. The molecule has 1 amide bonds. The molecule has 2 heterocycles. The van der Waals surface area contributed by atoms with Crippen LogP contribution in [-0.4, -0.2) is 25.5 Å². The quantitative estimate of drug-likeness (QED) is 0.719. The summed E-state index contributed by atoms with van der Waals surface area (Å²) in [6.07, 6.45) is 3.16. The van der Waals surface area contributed by atoms with Crippen molar-refractivity contribution in [2.45, 2.75) is 46.7 Å². The molecule has 0 saturated carbocycles. The van der Waals surface area contributed by atoms with Gasteiger partial charge in [0.15, 0.2) is 0 Å². The Balaban J connectivity index is 1.83. The van der Waals surface area contributed by atoms with Crippen molar-refractivity contribution in [3.05, 3.63) is 64.2 Å². The van der Waals surface area contributed by atoms with Gasteiger partial charge in [0.1, 0.15) is 5.54 Å². The summed E-state index contributed by atoms with van der Waals surface area (Å²) in [6.45, 7) is 10.2. The Kier molecular flexibility index (Phi) is 5.11. The number of rotatable bonds is 5. The van der Waals surface area contributed by atoms with Crippen LogP contribution in [0.4, 0.5) is 5.69 Å². The van der Waals surface area contributed by atoms with Crippen LogP contribution < -0.4 is 5.32 Å². The maximum atomic E-state index is 12.9. The van der Waals surface area contributed by atoms with Crippen LogP contribution in [0.2, 0.25) is 5.02 Å². The number of amides is 1. The fourth-order valence-electron chi connectivity index (χ4n) is 2.99. The van der Waals surface area contributed by atoms with E-state index in [0.29, 0.717) is 11.6 Å². The molecule has 3 rings (SSSR count). The van der Waals surface area contributed by atoms with Crippen molar-refractivity contribution in [1.29, 1.82) is 0 Å². The third kappa shape index (κ3) is 3.90. The minimum atomic E-state index is -0.884. The summed E-state index contributed by atoms with van der Waals surface area (Å²) in [5.74, 6) is -0.177. The monoisotopic (exact) mass is 385 g/mol. The fraction of sp³-hybridized carbons (Fsp3) is 0.350. The highest BCUT2D eigenvalue weighted by molar-refractivity contribution is 6.30. The molecular formula is C20H24ClN5O. The van der Waals surface area contributed by atoms with E-state index in [1.165, 1.54) is 17.3 Å². The van der Waals surface area contributed by atoms with Gasteiger partial charge in [-0.05, 0) is 40.2 Å². The molecule has 0 bridgehead atoms. The molecule has 1 aromatic carbocycles. The zero-order valence-corrected chi connectivity index (χ0v) is 17.0. The van der Waals surface area contributed by atoms with E-state index in [1.54, 1.807) is 24.7 Å². The average molecular weight is 386 g/mol. The Morgan fingerprint density at radius 2 is 2.00 bits per heavy atom. The molecule has 6 nitrogen and oxygen atoms in total. The Morgan fingerprint density at radius 1 is 1.26 bits per heavy atom. The van der Waals surface area contributed by atoms with Gasteiger partial charge in [0.2, 0.25) is 0 Å². The number of hydrogen-bond acceptors (Lipinski definition) is 3. The van der Waals surface area contributed by atoms with Crippen LogP contribution in [-0.2, 0) is 16.9 Å². The van der Waals surface area contributed by atoms with Gasteiger partial charge in [-0.3, -0.25) is 14.2 Å². The average Bonchev–Trinajstić information content (AvgIpc) is 3.14. The van der Waals surface area contributed by atoms with Crippen LogP contribution in [0.25, 0.3) is 0 Å². The van der Waals surface area contributed by atoms with Gasteiger partial charge in [-0.1, -0.05) is 41.4 Å². The summed E-state index contributed by atoms with van der Waals surface area (Å²) in [5.41, 5.74) is 3.93. The van der Waals surface area contributed by atoms with Gasteiger partial charge >= 0.3 is 0 Å². The van der Waals surface area contributed by atoms with Crippen molar-refractivity contribution < 1.29 is 4.79 Å². The third-order valence-corrected chi connectivity index (χ3v) is 4.91. The van der Waals surface area contributed by atoms with Gasteiger partial charge in [-0.25, -0.2) is 0 Å². The lowest BCUT2D eigenvalue weighted by Gasteiger charge is -2.24. The van der Waals surface area contributed by atoms with Gasteiger partial charge < -0.3 is 5.32 Å². The van der Waals surface area contributed by atoms with Gasteiger partial charge in [0, 0.05) is 6.20 Å². The minimum absolute atomic E-state index is 0.177. The van der Waals surface area contributed by atoms with Crippen LogP contribution >= 0.6 is 11.6 Å². The molecule has 0 spiro atoms. The van der Waals surface area contributed by atoms with Crippen molar-refractivity contribution >= 4 is 23.2 Å². The second-order valence-corrected chi connectivity index (χ2v) is 7.75. The second-order valence-electron chi connectivity index (χ2n) is 7.31. The number of nitrogens with one attached hydrogen (secondary N) is 1. The first-order chi connectivity index (χ1) is 12.7. The Morgan fingerprint density at radius 3 is 2.63 bits per heavy atom. The lowest BCUT2D eigenvalue weighted by Crippen LogP contribution is -2.40. The number of carbonyl (C=O) groups is 1. The number of anilines is 1. The molecular weight excluding hydrogens is 362 g/mol. The van der Waals surface area contributed by atoms with E-state index >= 15 is 0 Å². The smallest absolute Gasteiger partial charge is 0.251 e. The molecule has 0 aliphatic carbocycles. The zero-order valence-electron chi connectivity index (χ0n) is 16.2. The summed E-state index contributed by atoms with van der Waals surface area (Å²) >= 11 is 5.94. The number of halogens is 1. The molecule has 0 aliphatic rings. The molecule has 0 atom stereocenters. The van der Waals surface area contributed by atoms with E-state index < -0.39 is 5.54 Å². The Labute approximate surface area is 164 Å². The molecule has 1 N–H and O–H groups in total. The summed E-state index contributed by atoms with van der Waals surface area (Å²) in [7, 11) is 0. The predicted molar refractivity (Wildman–Crippen MR) is 107 cm³/mol. The molecule has 0 aliphatic heterocycles. The summed E-state index contributed by atoms with van der Waals surface area (Å²) in [5, 5.41) is 12.3. The summed E-state index contributed by atoms with van der Waals surface area (Å²) in [4.78, 5) is 12.9. The van der Waals surface area contributed by atoms with Crippen LogP contribution in [0.5, 0.6) is 0 Å². The van der Waals surface area contributed by atoms with Gasteiger partial charge in [0.25, 0.3) is 5.91 Å². The first-order valence-corrected chi connectivity index (χ1v) is 9.18. The molecule has 0 unspecified atom stereocenters. The molecule has 2 aromatic heterocycles. The number of benzene rings is 1. The van der Waals surface area contributed by atoms with Gasteiger partial charge in [-0.15, -0.1) is 0 Å². The maximum absolute atomic E-state index is 12.9. The first-order valence-electron chi connectivity index (χ1n) is 8.80. The number of aromatic nitrogens is 4. The van der Waals surface area contributed by atoms with Gasteiger partial charge in [0.05, 0.1) is 34.8 Å². The Bertz CT molecular complexity index is 986. The van der Waals surface area contributed by atoms with Crippen molar-refractivity contribution in [3.8, 4) is 0 Å².